The second-order valence-electron chi connectivity index (χ2n) is 5.66. The Balaban J connectivity index is 1.47. The smallest absolute Gasteiger partial charge is 0.231 e. The number of nitrogens with one attached hydrogen (secondary N) is 1. The van der Waals surface area contributed by atoms with E-state index in [1.54, 1.807) is 0 Å². The lowest BCUT2D eigenvalue weighted by Gasteiger charge is -2.22. The molecular formula is C18H19NO4. The fourth-order valence-electron chi connectivity index (χ4n) is 2.84. The van der Waals surface area contributed by atoms with Crippen LogP contribution >= 0.6 is 0 Å². The molecule has 5 heteroatoms. The Kier molecular flexibility index (Phi) is 3.71. The molecule has 0 saturated heterocycles. The number of benzene rings is 2. The SMILES string of the molecule is CC(NCc1cccc2c1OCCO2)c1ccc2c(c1)OCO2. The Labute approximate surface area is 135 Å². The number of hydrogen-bond acceptors (Lipinski definition) is 5. The van der Waals surface area contributed by atoms with Crippen molar-refractivity contribution in [2.75, 3.05) is 20.0 Å². The monoisotopic (exact) mass is 313 g/mol. The van der Waals surface area contributed by atoms with Crippen LogP contribution in [-0.4, -0.2) is 20.0 Å². The summed E-state index contributed by atoms with van der Waals surface area (Å²) in [4.78, 5) is 0. The molecule has 1 unspecified atom stereocenters. The van der Waals surface area contributed by atoms with E-state index in [-0.39, 0.29) is 6.04 Å². The second-order valence-corrected chi connectivity index (χ2v) is 5.66. The minimum absolute atomic E-state index is 0.185. The predicted molar refractivity (Wildman–Crippen MR) is 85.3 cm³/mol. The van der Waals surface area contributed by atoms with Gasteiger partial charge in [-0.3, -0.25) is 0 Å². The van der Waals surface area contributed by atoms with Gasteiger partial charge in [-0.15, -0.1) is 0 Å². The summed E-state index contributed by atoms with van der Waals surface area (Å²) in [5.41, 5.74) is 2.27. The lowest BCUT2D eigenvalue weighted by atomic mass is 10.1. The summed E-state index contributed by atoms with van der Waals surface area (Å²) in [7, 11) is 0. The van der Waals surface area contributed by atoms with Gasteiger partial charge in [0.15, 0.2) is 23.0 Å². The van der Waals surface area contributed by atoms with E-state index >= 15 is 0 Å². The largest absolute Gasteiger partial charge is 0.486 e. The van der Waals surface area contributed by atoms with Crippen molar-refractivity contribution in [3.8, 4) is 23.0 Å². The molecule has 0 aromatic heterocycles. The van der Waals surface area contributed by atoms with E-state index in [1.165, 1.54) is 0 Å². The molecule has 2 aromatic carbocycles. The Morgan fingerprint density at radius 2 is 1.83 bits per heavy atom. The Morgan fingerprint density at radius 3 is 2.78 bits per heavy atom. The third kappa shape index (κ3) is 2.80. The molecule has 2 aromatic rings. The van der Waals surface area contributed by atoms with E-state index < -0.39 is 0 Å². The van der Waals surface area contributed by atoms with Gasteiger partial charge in [-0.1, -0.05) is 18.2 Å². The van der Waals surface area contributed by atoms with Crippen molar-refractivity contribution in [2.45, 2.75) is 19.5 Å². The summed E-state index contributed by atoms with van der Waals surface area (Å²) >= 11 is 0. The first-order chi connectivity index (χ1) is 11.3. The zero-order valence-corrected chi connectivity index (χ0v) is 13.0. The highest BCUT2D eigenvalue weighted by Crippen LogP contribution is 2.35. The molecule has 2 heterocycles. The summed E-state index contributed by atoms with van der Waals surface area (Å²) in [5.74, 6) is 3.30. The average molecular weight is 313 g/mol. The number of ether oxygens (including phenoxy) is 4. The molecule has 0 saturated carbocycles. The quantitative estimate of drug-likeness (QED) is 0.940. The van der Waals surface area contributed by atoms with Crippen LogP contribution in [0.4, 0.5) is 0 Å². The minimum Gasteiger partial charge on any atom is -0.486 e. The lowest BCUT2D eigenvalue weighted by molar-refractivity contribution is 0.169. The van der Waals surface area contributed by atoms with Gasteiger partial charge in [0.25, 0.3) is 0 Å². The zero-order chi connectivity index (χ0) is 15.6. The highest BCUT2D eigenvalue weighted by Gasteiger charge is 2.18. The van der Waals surface area contributed by atoms with Crippen LogP contribution in [0, 0.1) is 0 Å². The summed E-state index contributed by atoms with van der Waals surface area (Å²) < 4.78 is 22.2. The maximum Gasteiger partial charge on any atom is 0.231 e. The first-order valence-corrected chi connectivity index (χ1v) is 7.82. The number of fused-ring (bicyclic) bond motifs is 2. The van der Waals surface area contributed by atoms with Gasteiger partial charge >= 0.3 is 0 Å². The van der Waals surface area contributed by atoms with E-state index in [0.717, 1.165) is 34.1 Å². The third-order valence-electron chi connectivity index (χ3n) is 4.14. The fourth-order valence-corrected chi connectivity index (χ4v) is 2.84. The van der Waals surface area contributed by atoms with Crippen molar-refractivity contribution in [3.05, 3.63) is 47.5 Å². The molecule has 1 atom stereocenters. The second kappa shape index (κ2) is 6.01. The first-order valence-electron chi connectivity index (χ1n) is 7.82. The van der Waals surface area contributed by atoms with E-state index in [1.807, 2.05) is 24.3 Å². The van der Waals surface area contributed by atoms with Crippen molar-refractivity contribution in [1.82, 2.24) is 5.32 Å². The van der Waals surface area contributed by atoms with Gasteiger partial charge in [0, 0.05) is 18.2 Å². The molecule has 23 heavy (non-hydrogen) atoms. The van der Waals surface area contributed by atoms with Gasteiger partial charge in [-0.2, -0.15) is 0 Å². The number of rotatable bonds is 4. The van der Waals surface area contributed by atoms with Crippen molar-refractivity contribution in [3.63, 3.8) is 0 Å². The van der Waals surface area contributed by atoms with E-state index in [4.69, 9.17) is 18.9 Å². The molecule has 0 bridgehead atoms. The number of hydrogen-bond donors (Lipinski definition) is 1. The van der Waals surface area contributed by atoms with Crippen molar-refractivity contribution in [1.29, 1.82) is 0 Å². The summed E-state index contributed by atoms with van der Waals surface area (Å²) in [6.45, 7) is 4.35. The molecule has 0 radical (unpaired) electrons. The van der Waals surface area contributed by atoms with Crippen LogP contribution in [0.3, 0.4) is 0 Å². The van der Waals surface area contributed by atoms with Gasteiger partial charge < -0.3 is 24.3 Å². The van der Waals surface area contributed by atoms with Crippen LogP contribution in [0.25, 0.3) is 0 Å². The van der Waals surface area contributed by atoms with E-state index in [9.17, 15) is 0 Å². The minimum atomic E-state index is 0.185. The van der Waals surface area contributed by atoms with Crippen molar-refractivity contribution >= 4 is 0 Å². The fraction of sp³-hybridized carbons (Fsp3) is 0.333. The van der Waals surface area contributed by atoms with Crippen molar-refractivity contribution < 1.29 is 18.9 Å². The maximum atomic E-state index is 5.75. The Morgan fingerprint density at radius 1 is 0.957 bits per heavy atom. The molecule has 0 aliphatic carbocycles. The molecule has 0 fully saturated rings. The molecule has 5 nitrogen and oxygen atoms in total. The highest BCUT2D eigenvalue weighted by atomic mass is 16.7. The molecule has 4 rings (SSSR count). The van der Waals surface area contributed by atoms with Crippen molar-refractivity contribution in [2.24, 2.45) is 0 Å². The molecule has 120 valence electrons. The summed E-state index contributed by atoms with van der Waals surface area (Å²) in [6.07, 6.45) is 0. The molecule has 2 aliphatic heterocycles. The van der Waals surface area contributed by atoms with Crippen LogP contribution in [0.1, 0.15) is 24.1 Å². The van der Waals surface area contributed by atoms with Crippen LogP contribution in [0.15, 0.2) is 36.4 Å². The topological polar surface area (TPSA) is 49.0 Å². The molecule has 1 N–H and O–H groups in total. The summed E-state index contributed by atoms with van der Waals surface area (Å²) in [6, 6.07) is 12.2. The van der Waals surface area contributed by atoms with Crippen LogP contribution in [-0.2, 0) is 6.54 Å². The van der Waals surface area contributed by atoms with E-state index in [0.29, 0.717) is 26.6 Å². The molecule has 0 amide bonds. The van der Waals surface area contributed by atoms with Gasteiger partial charge in [0.05, 0.1) is 0 Å². The van der Waals surface area contributed by atoms with Gasteiger partial charge in [0.1, 0.15) is 13.2 Å². The molecular weight excluding hydrogens is 294 g/mol. The molecule has 0 spiro atoms. The maximum absolute atomic E-state index is 5.75. The lowest BCUT2D eigenvalue weighted by Crippen LogP contribution is -2.21. The van der Waals surface area contributed by atoms with Gasteiger partial charge in [0.2, 0.25) is 6.79 Å². The van der Waals surface area contributed by atoms with E-state index in [2.05, 4.69) is 24.4 Å². The molecule has 2 aliphatic rings. The van der Waals surface area contributed by atoms with Crippen LogP contribution < -0.4 is 24.3 Å². The normalized spacial score (nSPS) is 16.2. The Hall–Kier alpha value is -2.40. The van der Waals surface area contributed by atoms with Crippen LogP contribution in [0.5, 0.6) is 23.0 Å². The highest BCUT2D eigenvalue weighted by molar-refractivity contribution is 5.48. The average Bonchev–Trinajstić information content (AvgIpc) is 3.07. The van der Waals surface area contributed by atoms with Crippen LogP contribution in [0.2, 0.25) is 0 Å². The third-order valence-corrected chi connectivity index (χ3v) is 4.14. The summed E-state index contributed by atoms with van der Waals surface area (Å²) in [5, 5.41) is 3.52. The standard InChI is InChI=1S/C18H19NO4/c1-12(13-5-6-15-17(9-13)23-11-22-15)19-10-14-3-2-4-16-18(14)21-8-7-20-16/h2-6,9,12,19H,7-8,10-11H2,1H3. The Bertz CT molecular complexity index is 716. The van der Waals surface area contributed by atoms with Gasteiger partial charge in [-0.05, 0) is 30.7 Å². The van der Waals surface area contributed by atoms with Gasteiger partial charge in [-0.25, -0.2) is 0 Å². The number of para-hydroxylation sites is 1. The predicted octanol–water partition coefficient (Wildman–Crippen LogP) is 3.04. The first kappa shape index (κ1) is 14.2. The zero-order valence-electron chi connectivity index (χ0n) is 13.0.